The van der Waals surface area contributed by atoms with Gasteiger partial charge in [0.2, 0.25) is 0 Å². The van der Waals surface area contributed by atoms with E-state index in [0.29, 0.717) is 37.7 Å². The third kappa shape index (κ3) is 3.13. The highest BCUT2D eigenvalue weighted by atomic mass is 35.5. The molecular weight excluding hydrogens is 387 g/mol. The fourth-order valence-corrected chi connectivity index (χ4v) is 3.87. The molecule has 0 bridgehead atoms. The van der Waals surface area contributed by atoms with Crippen LogP contribution in [0.15, 0.2) is 59.0 Å². The van der Waals surface area contributed by atoms with Gasteiger partial charge in [0.1, 0.15) is 22.6 Å². The normalized spacial score (nSPS) is 11.7. The van der Waals surface area contributed by atoms with Crippen LogP contribution in [0.1, 0.15) is 10.8 Å². The topological polar surface area (TPSA) is 49.8 Å². The van der Waals surface area contributed by atoms with E-state index in [0.717, 1.165) is 10.2 Å². The minimum atomic E-state index is 0.436. The zero-order chi connectivity index (χ0) is 18.1. The van der Waals surface area contributed by atoms with Gasteiger partial charge in [-0.2, -0.15) is 5.26 Å². The van der Waals surface area contributed by atoms with E-state index in [4.69, 9.17) is 27.6 Å². The molecule has 4 rings (SSSR count). The van der Waals surface area contributed by atoms with Crippen LogP contribution < -0.4 is 0 Å². The Hall–Kier alpha value is -2.58. The maximum Gasteiger partial charge on any atom is 0.136 e. The molecule has 0 unspecified atom stereocenters. The number of furan rings is 1. The molecule has 2 aromatic carbocycles. The zero-order valence-electron chi connectivity index (χ0n) is 13.2. The summed E-state index contributed by atoms with van der Waals surface area (Å²) in [5.74, 6) is 1.14. The highest BCUT2D eigenvalue weighted by Crippen LogP contribution is 2.35. The molecule has 0 radical (unpaired) electrons. The Kier molecular flexibility index (Phi) is 4.52. The first-order valence-corrected chi connectivity index (χ1v) is 9.25. The van der Waals surface area contributed by atoms with Gasteiger partial charge in [0.25, 0.3) is 0 Å². The van der Waals surface area contributed by atoms with Crippen molar-refractivity contribution in [3.63, 3.8) is 0 Å². The van der Waals surface area contributed by atoms with Gasteiger partial charge in [0.15, 0.2) is 0 Å². The average molecular weight is 397 g/mol. The predicted octanol–water partition coefficient (Wildman–Crippen LogP) is 6.93. The van der Waals surface area contributed by atoms with E-state index in [2.05, 4.69) is 11.1 Å². The lowest BCUT2D eigenvalue weighted by molar-refractivity contribution is 0.572. The van der Waals surface area contributed by atoms with Gasteiger partial charge >= 0.3 is 0 Å². The lowest BCUT2D eigenvalue weighted by Crippen LogP contribution is -1.79. The number of nitrogens with zero attached hydrogens (tertiary/aromatic N) is 2. The fraction of sp³-hybridized carbons (Fsp3) is 0. The number of aromatic nitrogens is 1. The van der Waals surface area contributed by atoms with E-state index in [-0.39, 0.29) is 0 Å². The van der Waals surface area contributed by atoms with Crippen molar-refractivity contribution in [3.05, 3.63) is 75.4 Å². The molecule has 0 saturated heterocycles. The summed E-state index contributed by atoms with van der Waals surface area (Å²) in [5.41, 5.74) is 2.03. The first-order valence-electron chi connectivity index (χ1n) is 7.67. The van der Waals surface area contributed by atoms with Crippen molar-refractivity contribution in [1.29, 1.82) is 5.26 Å². The second-order valence-electron chi connectivity index (χ2n) is 5.46. The Bertz CT molecular complexity index is 1150. The number of thiazole rings is 1. The molecule has 0 saturated carbocycles. The third-order valence-electron chi connectivity index (χ3n) is 3.78. The minimum absolute atomic E-state index is 0.436. The lowest BCUT2D eigenvalue weighted by atomic mass is 10.2. The maximum absolute atomic E-state index is 9.54. The molecule has 0 atom stereocenters. The van der Waals surface area contributed by atoms with Crippen molar-refractivity contribution in [2.75, 3.05) is 0 Å². The summed E-state index contributed by atoms with van der Waals surface area (Å²) in [6, 6.07) is 18.9. The largest absolute Gasteiger partial charge is 0.457 e. The average Bonchev–Trinajstić information content (AvgIpc) is 3.28. The van der Waals surface area contributed by atoms with Gasteiger partial charge in [-0.25, -0.2) is 4.98 Å². The van der Waals surface area contributed by atoms with E-state index in [1.807, 2.05) is 36.4 Å². The van der Waals surface area contributed by atoms with Gasteiger partial charge in [-0.3, -0.25) is 0 Å². The second-order valence-corrected chi connectivity index (χ2v) is 7.28. The Morgan fingerprint density at radius 2 is 1.92 bits per heavy atom. The van der Waals surface area contributed by atoms with Gasteiger partial charge in [-0.1, -0.05) is 41.4 Å². The van der Waals surface area contributed by atoms with E-state index in [9.17, 15) is 5.26 Å². The monoisotopic (exact) mass is 396 g/mol. The number of fused-ring (bicyclic) bond motifs is 1. The second kappa shape index (κ2) is 6.97. The summed E-state index contributed by atoms with van der Waals surface area (Å²) < 4.78 is 6.88. The van der Waals surface area contributed by atoms with Gasteiger partial charge in [-0.15, -0.1) is 11.3 Å². The molecule has 2 heterocycles. The molecule has 3 nitrogen and oxygen atoms in total. The van der Waals surface area contributed by atoms with Crippen molar-refractivity contribution < 1.29 is 4.42 Å². The molecule has 126 valence electrons. The number of nitriles is 1. The number of rotatable bonds is 3. The van der Waals surface area contributed by atoms with Crippen molar-refractivity contribution in [2.45, 2.75) is 0 Å². The van der Waals surface area contributed by atoms with E-state index in [1.54, 1.807) is 24.3 Å². The van der Waals surface area contributed by atoms with Crippen LogP contribution in [0.4, 0.5) is 0 Å². The third-order valence-corrected chi connectivity index (χ3v) is 5.66. The van der Waals surface area contributed by atoms with Crippen LogP contribution in [-0.4, -0.2) is 4.98 Å². The molecule has 0 aliphatic heterocycles. The van der Waals surface area contributed by atoms with Gasteiger partial charge < -0.3 is 4.42 Å². The van der Waals surface area contributed by atoms with Crippen LogP contribution in [0.5, 0.6) is 0 Å². The van der Waals surface area contributed by atoms with Crippen LogP contribution in [0.25, 0.3) is 33.2 Å². The van der Waals surface area contributed by atoms with Crippen molar-refractivity contribution in [3.8, 4) is 17.4 Å². The first kappa shape index (κ1) is 16.9. The molecule has 4 aromatic rings. The molecule has 6 heteroatoms. The minimum Gasteiger partial charge on any atom is -0.457 e. The summed E-state index contributed by atoms with van der Waals surface area (Å²) >= 11 is 13.8. The van der Waals surface area contributed by atoms with Gasteiger partial charge in [0.05, 0.1) is 25.8 Å². The quantitative estimate of drug-likeness (QED) is 0.352. The lowest BCUT2D eigenvalue weighted by Gasteiger charge is -2.01. The fourth-order valence-electron chi connectivity index (χ4n) is 2.54. The van der Waals surface area contributed by atoms with Crippen molar-refractivity contribution in [1.82, 2.24) is 4.98 Å². The molecule has 0 amide bonds. The molecular formula is C20H10Cl2N2OS. The predicted molar refractivity (Wildman–Crippen MR) is 107 cm³/mol. The number of para-hydroxylation sites is 1. The molecule has 0 spiro atoms. The summed E-state index contributed by atoms with van der Waals surface area (Å²) in [7, 11) is 0. The molecule has 0 aliphatic carbocycles. The Balaban J connectivity index is 1.72. The van der Waals surface area contributed by atoms with Crippen molar-refractivity contribution >= 4 is 56.4 Å². The summed E-state index contributed by atoms with van der Waals surface area (Å²) in [6.45, 7) is 0. The first-order chi connectivity index (χ1) is 12.7. The number of allylic oxidation sites excluding steroid dienone is 1. The summed E-state index contributed by atoms with van der Waals surface area (Å²) in [4.78, 5) is 4.52. The standard InChI is InChI=1S/C20H10Cl2N2OS/c21-15-5-3-4-14(19(15)22)17-9-8-13(25-17)10-12(11-23)20-24-16-6-1-2-7-18(16)26-20/h1-10H/b12-10+. The van der Waals surface area contributed by atoms with E-state index < -0.39 is 0 Å². The summed E-state index contributed by atoms with van der Waals surface area (Å²) in [5, 5.41) is 11.1. The van der Waals surface area contributed by atoms with Crippen LogP contribution in [0, 0.1) is 11.3 Å². The van der Waals surface area contributed by atoms with Crippen LogP contribution in [-0.2, 0) is 0 Å². The Labute approximate surface area is 163 Å². The number of halogens is 2. The maximum atomic E-state index is 9.54. The van der Waals surface area contributed by atoms with E-state index >= 15 is 0 Å². The molecule has 0 fully saturated rings. The SMILES string of the molecule is N#C/C(=C\c1ccc(-c2cccc(Cl)c2Cl)o1)c1nc2ccccc2s1. The number of hydrogen-bond donors (Lipinski definition) is 0. The highest BCUT2D eigenvalue weighted by Gasteiger charge is 2.12. The van der Waals surface area contributed by atoms with Crippen LogP contribution >= 0.6 is 34.5 Å². The summed E-state index contributed by atoms with van der Waals surface area (Å²) in [6.07, 6.45) is 1.68. The molecule has 26 heavy (non-hydrogen) atoms. The van der Waals surface area contributed by atoms with Crippen LogP contribution in [0.3, 0.4) is 0 Å². The molecule has 0 aliphatic rings. The van der Waals surface area contributed by atoms with Crippen LogP contribution in [0.2, 0.25) is 10.0 Å². The number of benzene rings is 2. The highest BCUT2D eigenvalue weighted by molar-refractivity contribution is 7.19. The van der Waals surface area contributed by atoms with Gasteiger partial charge in [-0.05, 0) is 36.4 Å². The number of hydrogen-bond acceptors (Lipinski definition) is 4. The smallest absolute Gasteiger partial charge is 0.136 e. The Morgan fingerprint density at radius 3 is 2.73 bits per heavy atom. The van der Waals surface area contributed by atoms with Crippen molar-refractivity contribution in [2.24, 2.45) is 0 Å². The van der Waals surface area contributed by atoms with E-state index in [1.165, 1.54) is 11.3 Å². The van der Waals surface area contributed by atoms with Gasteiger partial charge in [0, 0.05) is 11.6 Å². The molecule has 2 aromatic heterocycles. The molecule has 0 N–H and O–H groups in total. The zero-order valence-corrected chi connectivity index (χ0v) is 15.6. The Morgan fingerprint density at radius 1 is 1.08 bits per heavy atom.